The standard InChI is InChI=1S/C13H16FN3/c1-10(11-3-5-12(14)6-4-11)8-17-9-13(15-2)7-16-17/h3-7,9-10,15H,8H2,1-2H3. The summed E-state index contributed by atoms with van der Waals surface area (Å²) in [6.45, 7) is 2.89. The summed E-state index contributed by atoms with van der Waals surface area (Å²) in [5.41, 5.74) is 2.12. The van der Waals surface area contributed by atoms with Gasteiger partial charge in [-0.1, -0.05) is 19.1 Å². The first-order valence-corrected chi connectivity index (χ1v) is 5.64. The fourth-order valence-electron chi connectivity index (χ4n) is 1.77. The number of hydrogen-bond acceptors (Lipinski definition) is 2. The van der Waals surface area contributed by atoms with Crippen LogP contribution in [0.2, 0.25) is 0 Å². The Morgan fingerprint density at radius 3 is 2.65 bits per heavy atom. The lowest BCUT2D eigenvalue weighted by Gasteiger charge is -2.11. The van der Waals surface area contributed by atoms with Gasteiger partial charge >= 0.3 is 0 Å². The highest BCUT2D eigenvalue weighted by atomic mass is 19.1. The van der Waals surface area contributed by atoms with Crippen LogP contribution in [0.25, 0.3) is 0 Å². The van der Waals surface area contributed by atoms with Gasteiger partial charge in [-0.2, -0.15) is 5.10 Å². The molecule has 0 amide bonds. The largest absolute Gasteiger partial charge is 0.386 e. The van der Waals surface area contributed by atoms with Crippen molar-refractivity contribution in [2.24, 2.45) is 0 Å². The second-order valence-corrected chi connectivity index (χ2v) is 4.15. The second-order valence-electron chi connectivity index (χ2n) is 4.15. The maximum absolute atomic E-state index is 12.8. The summed E-state index contributed by atoms with van der Waals surface area (Å²) in [5, 5.41) is 7.29. The summed E-state index contributed by atoms with van der Waals surface area (Å²) < 4.78 is 14.7. The van der Waals surface area contributed by atoms with E-state index in [1.54, 1.807) is 6.20 Å². The Hall–Kier alpha value is -1.84. The summed E-state index contributed by atoms with van der Waals surface area (Å²) in [5.74, 6) is 0.109. The van der Waals surface area contributed by atoms with Gasteiger partial charge in [-0.05, 0) is 17.7 Å². The third kappa shape index (κ3) is 2.84. The molecule has 90 valence electrons. The van der Waals surface area contributed by atoms with Crippen molar-refractivity contribution in [2.75, 3.05) is 12.4 Å². The smallest absolute Gasteiger partial charge is 0.123 e. The van der Waals surface area contributed by atoms with Crippen molar-refractivity contribution in [3.05, 3.63) is 48.0 Å². The molecule has 0 fully saturated rings. The topological polar surface area (TPSA) is 29.9 Å². The van der Waals surface area contributed by atoms with Gasteiger partial charge in [0.15, 0.2) is 0 Å². The van der Waals surface area contributed by atoms with Crippen molar-refractivity contribution in [3.8, 4) is 0 Å². The first-order valence-electron chi connectivity index (χ1n) is 5.64. The predicted octanol–water partition coefficient (Wildman–Crippen LogP) is 2.87. The molecule has 1 N–H and O–H groups in total. The van der Waals surface area contributed by atoms with Crippen molar-refractivity contribution in [1.82, 2.24) is 9.78 Å². The van der Waals surface area contributed by atoms with Gasteiger partial charge in [-0.25, -0.2) is 4.39 Å². The van der Waals surface area contributed by atoms with Crippen LogP contribution >= 0.6 is 0 Å². The number of nitrogens with one attached hydrogen (secondary N) is 1. The average molecular weight is 233 g/mol. The lowest BCUT2D eigenvalue weighted by atomic mass is 10.0. The first kappa shape index (κ1) is 11.6. The van der Waals surface area contributed by atoms with E-state index in [2.05, 4.69) is 17.3 Å². The molecular weight excluding hydrogens is 217 g/mol. The summed E-state index contributed by atoms with van der Waals surface area (Å²) in [6, 6.07) is 6.63. The Labute approximate surface area is 100 Å². The molecule has 1 heterocycles. The minimum Gasteiger partial charge on any atom is -0.386 e. The van der Waals surface area contributed by atoms with Gasteiger partial charge in [0.1, 0.15) is 5.82 Å². The number of nitrogens with zero attached hydrogens (tertiary/aromatic N) is 2. The molecule has 0 saturated carbocycles. The molecule has 0 bridgehead atoms. The lowest BCUT2D eigenvalue weighted by Crippen LogP contribution is -2.06. The molecule has 1 unspecified atom stereocenters. The van der Waals surface area contributed by atoms with E-state index in [0.29, 0.717) is 5.92 Å². The zero-order valence-corrected chi connectivity index (χ0v) is 10.0. The van der Waals surface area contributed by atoms with Crippen LogP contribution in [-0.2, 0) is 6.54 Å². The molecule has 1 aromatic heterocycles. The number of aromatic nitrogens is 2. The van der Waals surface area contributed by atoms with E-state index < -0.39 is 0 Å². The Balaban J connectivity index is 2.05. The average Bonchev–Trinajstić information content (AvgIpc) is 2.77. The molecule has 1 aromatic carbocycles. The van der Waals surface area contributed by atoms with Gasteiger partial charge in [0.25, 0.3) is 0 Å². The highest BCUT2D eigenvalue weighted by Crippen LogP contribution is 2.18. The third-order valence-electron chi connectivity index (χ3n) is 2.82. The van der Waals surface area contributed by atoms with Crippen molar-refractivity contribution in [2.45, 2.75) is 19.4 Å². The highest BCUT2D eigenvalue weighted by molar-refractivity contribution is 5.36. The Bertz CT molecular complexity index is 476. The molecule has 0 spiro atoms. The molecule has 2 aromatic rings. The van der Waals surface area contributed by atoms with E-state index in [1.165, 1.54) is 12.1 Å². The zero-order valence-electron chi connectivity index (χ0n) is 10.0. The monoisotopic (exact) mass is 233 g/mol. The van der Waals surface area contributed by atoms with Gasteiger partial charge in [0.05, 0.1) is 11.9 Å². The normalized spacial score (nSPS) is 12.4. The maximum Gasteiger partial charge on any atom is 0.123 e. The van der Waals surface area contributed by atoms with Crippen molar-refractivity contribution in [1.29, 1.82) is 0 Å². The molecule has 0 radical (unpaired) electrons. The van der Waals surface area contributed by atoms with Gasteiger partial charge in [0.2, 0.25) is 0 Å². The quantitative estimate of drug-likeness (QED) is 0.880. The zero-order chi connectivity index (χ0) is 12.3. The number of benzene rings is 1. The van der Waals surface area contributed by atoms with Crippen LogP contribution in [0.3, 0.4) is 0 Å². The summed E-state index contributed by atoms with van der Waals surface area (Å²) in [7, 11) is 1.87. The minimum atomic E-state index is -0.197. The minimum absolute atomic E-state index is 0.197. The van der Waals surface area contributed by atoms with Crippen LogP contribution in [0.5, 0.6) is 0 Å². The molecule has 4 heteroatoms. The molecule has 0 aliphatic heterocycles. The predicted molar refractivity (Wildman–Crippen MR) is 66.6 cm³/mol. The van der Waals surface area contributed by atoms with Crippen LogP contribution < -0.4 is 5.32 Å². The van der Waals surface area contributed by atoms with Gasteiger partial charge in [0, 0.05) is 25.7 Å². The first-order chi connectivity index (χ1) is 8.19. The molecule has 0 aliphatic carbocycles. The van der Waals surface area contributed by atoms with Crippen molar-refractivity contribution in [3.63, 3.8) is 0 Å². The Kier molecular flexibility index (Phi) is 3.42. The molecule has 1 atom stereocenters. The molecule has 17 heavy (non-hydrogen) atoms. The van der Waals surface area contributed by atoms with Crippen LogP contribution in [0.1, 0.15) is 18.4 Å². The van der Waals surface area contributed by atoms with E-state index in [0.717, 1.165) is 17.8 Å². The fraction of sp³-hybridized carbons (Fsp3) is 0.308. The Morgan fingerprint density at radius 2 is 2.06 bits per heavy atom. The van der Waals surface area contributed by atoms with E-state index in [-0.39, 0.29) is 5.82 Å². The maximum atomic E-state index is 12.8. The van der Waals surface area contributed by atoms with Crippen LogP contribution in [0.15, 0.2) is 36.7 Å². The molecule has 2 rings (SSSR count). The number of hydrogen-bond donors (Lipinski definition) is 1. The number of halogens is 1. The fourth-order valence-corrected chi connectivity index (χ4v) is 1.77. The molecule has 0 saturated heterocycles. The van der Waals surface area contributed by atoms with E-state index in [1.807, 2.05) is 30.1 Å². The second kappa shape index (κ2) is 4.99. The lowest BCUT2D eigenvalue weighted by molar-refractivity contribution is 0.542. The highest BCUT2D eigenvalue weighted by Gasteiger charge is 2.07. The van der Waals surface area contributed by atoms with Crippen LogP contribution in [0.4, 0.5) is 10.1 Å². The number of rotatable bonds is 4. The van der Waals surface area contributed by atoms with Gasteiger partial charge < -0.3 is 5.32 Å². The van der Waals surface area contributed by atoms with Gasteiger partial charge in [-0.15, -0.1) is 0 Å². The summed E-state index contributed by atoms with van der Waals surface area (Å²) >= 11 is 0. The molecular formula is C13H16FN3. The third-order valence-corrected chi connectivity index (χ3v) is 2.82. The SMILES string of the molecule is CNc1cnn(CC(C)c2ccc(F)cc2)c1. The van der Waals surface area contributed by atoms with Crippen LogP contribution in [0, 0.1) is 5.82 Å². The van der Waals surface area contributed by atoms with E-state index in [4.69, 9.17) is 0 Å². The number of anilines is 1. The van der Waals surface area contributed by atoms with Crippen LogP contribution in [-0.4, -0.2) is 16.8 Å². The Morgan fingerprint density at radius 1 is 1.35 bits per heavy atom. The van der Waals surface area contributed by atoms with E-state index in [9.17, 15) is 4.39 Å². The van der Waals surface area contributed by atoms with Crippen molar-refractivity contribution >= 4 is 5.69 Å². The summed E-state index contributed by atoms with van der Waals surface area (Å²) in [4.78, 5) is 0. The van der Waals surface area contributed by atoms with E-state index >= 15 is 0 Å². The molecule has 0 aliphatic rings. The van der Waals surface area contributed by atoms with Gasteiger partial charge in [-0.3, -0.25) is 4.68 Å². The van der Waals surface area contributed by atoms with Crippen molar-refractivity contribution < 1.29 is 4.39 Å². The molecule has 3 nitrogen and oxygen atoms in total. The summed E-state index contributed by atoms with van der Waals surface area (Å²) in [6.07, 6.45) is 3.75.